The van der Waals surface area contributed by atoms with Crippen LogP contribution in [0.5, 0.6) is 0 Å². The van der Waals surface area contributed by atoms with Crippen LogP contribution >= 0.6 is 0 Å². The topological polar surface area (TPSA) is 186 Å². The van der Waals surface area contributed by atoms with Crippen LogP contribution in [-0.2, 0) is 76.6 Å². The van der Waals surface area contributed by atoms with Crippen LogP contribution in [-0.4, -0.2) is 144 Å². The molecule has 2 aromatic carbocycles. The first-order valence-electron chi connectivity index (χ1n) is 28.8. The zero-order valence-electron chi connectivity index (χ0n) is 49.5. The number of rotatable bonds is 14. The van der Waals surface area contributed by atoms with Crippen LogP contribution in [0.2, 0.25) is 0 Å². The number of ether oxygens (including phenoxy) is 4. The van der Waals surface area contributed by atoms with Gasteiger partial charge in [-0.1, -0.05) is 161 Å². The smallest absolute Gasteiger partial charge is 0.329 e. The monoisotopic (exact) mass is 1090 g/mol. The van der Waals surface area contributed by atoms with Gasteiger partial charge in [-0.05, 0) is 92.2 Å². The summed E-state index contributed by atoms with van der Waals surface area (Å²) < 4.78 is 24.2. The number of hydrogen-bond acceptors (Lipinski definition) is 12. The molecule has 1 aliphatic heterocycles. The summed E-state index contributed by atoms with van der Waals surface area (Å²) in [7, 11) is 5.66. The quantitative estimate of drug-likeness (QED) is 0.129. The van der Waals surface area contributed by atoms with E-state index in [-0.39, 0.29) is 62.2 Å². The molecule has 4 rings (SSSR count). The van der Waals surface area contributed by atoms with Gasteiger partial charge < -0.3 is 38.5 Å². The van der Waals surface area contributed by atoms with Gasteiger partial charge in [0.2, 0.25) is 0 Å². The average Bonchev–Trinajstić information content (AvgIpc) is 3.53. The number of carbonyl (C=O) groups is 8. The zero-order valence-corrected chi connectivity index (χ0v) is 49.5. The Labute approximate surface area is 466 Å². The van der Waals surface area contributed by atoms with Crippen LogP contribution in [0.15, 0.2) is 54.6 Å². The molecule has 0 aromatic heterocycles. The Hall–Kier alpha value is -5.80. The highest BCUT2D eigenvalue weighted by Crippen LogP contribution is 2.27. The van der Waals surface area contributed by atoms with Crippen LogP contribution in [0.1, 0.15) is 163 Å². The maximum Gasteiger partial charge on any atom is 0.329 e. The zero-order chi connectivity index (χ0) is 58.0. The molecule has 0 N–H and O–H groups in total. The number of benzene rings is 2. The number of esters is 4. The Bertz CT molecular complexity index is 2260. The molecule has 0 bridgehead atoms. The molecular weight excluding hydrogens is 993 g/mol. The predicted octanol–water partition coefficient (Wildman–Crippen LogP) is 8.96. The Balaban J connectivity index is 1.83. The van der Waals surface area contributed by atoms with Gasteiger partial charge >= 0.3 is 23.9 Å². The second-order valence-electron chi connectivity index (χ2n) is 23.9. The van der Waals surface area contributed by atoms with Crippen molar-refractivity contribution in [3.63, 3.8) is 0 Å². The van der Waals surface area contributed by atoms with Crippen molar-refractivity contribution >= 4 is 47.5 Å². The summed E-state index contributed by atoms with van der Waals surface area (Å²) in [6, 6.07) is 11.9. The third kappa shape index (κ3) is 19.5. The van der Waals surface area contributed by atoms with E-state index in [1.165, 1.54) is 114 Å². The van der Waals surface area contributed by atoms with Gasteiger partial charge in [-0.2, -0.15) is 0 Å². The highest BCUT2D eigenvalue weighted by Gasteiger charge is 2.43. The molecule has 0 radical (unpaired) electrons. The van der Waals surface area contributed by atoms with Crippen molar-refractivity contribution in [3.05, 3.63) is 71.3 Å². The van der Waals surface area contributed by atoms with Gasteiger partial charge in [0, 0.05) is 41.0 Å². The molecule has 1 saturated carbocycles. The standard InChI is InChI=1S/C62H94N4O12/c1-39(2)32-49-59(71)75-44(10)56(68)64(12)52(35-42(7)8)62(74)78-54(38-48-30-28-47(29-31-48)36-45-24-20-17-15-16-18-21-25-45)58(70)66(14)50(33-40(3)4)60(72)76-43(9)55(67)63(11)51(34-41(5)6)61(73)77-53(57(69)65(49)13)37-46-26-22-19-23-27-46/h19,22-23,26-31,39-45,49-54H,15-18,20-21,24-25,32-38H2,1-14H3/t43-,44-,49+,50+,51+,52+,53-,54-/m1/s1. The summed E-state index contributed by atoms with van der Waals surface area (Å²) in [6.07, 6.45) is 5.27. The fourth-order valence-electron chi connectivity index (χ4n) is 10.6. The van der Waals surface area contributed by atoms with Crippen LogP contribution < -0.4 is 0 Å². The van der Waals surface area contributed by atoms with E-state index in [2.05, 4.69) is 12.1 Å². The molecule has 78 heavy (non-hydrogen) atoms. The molecule has 16 heteroatoms. The van der Waals surface area contributed by atoms with E-state index in [0.29, 0.717) is 17.0 Å². The SMILES string of the molecule is CC(C)C[C@H]1C(=O)O[C@H](Cc2ccc(CC3CCCCCCCC3)cc2)C(=O)N(C)[C@@H](CC(C)C)C(=O)O[C@H](C)C(=O)N(C)[C@@H](CC(C)C)C(=O)O[C@H](Cc2ccccc2)C(=O)N(C)[C@@H](CC(C)C)C(=O)O[C@H](C)C(=O)N1C. The lowest BCUT2D eigenvalue weighted by molar-refractivity contribution is -0.176. The lowest BCUT2D eigenvalue weighted by atomic mass is 9.90. The van der Waals surface area contributed by atoms with Gasteiger partial charge in [-0.25, -0.2) is 19.2 Å². The van der Waals surface area contributed by atoms with E-state index in [9.17, 15) is 33.6 Å². The summed E-state index contributed by atoms with van der Waals surface area (Å²) in [5, 5.41) is 0. The second-order valence-corrected chi connectivity index (χ2v) is 23.9. The Morgan fingerprint density at radius 3 is 1.00 bits per heavy atom. The van der Waals surface area contributed by atoms with E-state index < -0.39 is 96.1 Å². The first-order valence-corrected chi connectivity index (χ1v) is 28.8. The number of amides is 4. The Morgan fingerprint density at radius 1 is 0.385 bits per heavy atom. The molecule has 2 aliphatic rings. The molecule has 16 nitrogen and oxygen atoms in total. The fourth-order valence-corrected chi connectivity index (χ4v) is 10.6. The molecule has 1 heterocycles. The maximum atomic E-state index is 15.0. The molecule has 1 aliphatic carbocycles. The van der Waals surface area contributed by atoms with E-state index in [1.807, 2.05) is 67.5 Å². The average molecular weight is 1090 g/mol. The van der Waals surface area contributed by atoms with Gasteiger partial charge in [0.15, 0.2) is 24.4 Å². The first kappa shape index (κ1) is 64.7. The van der Waals surface area contributed by atoms with Crippen LogP contribution in [0.3, 0.4) is 0 Å². The van der Waals surface area contributed by atoms with Gasteiger partial charge in [0.25, 0.3) is 23.6 Å². The summed E-state index contributed by atoms with van der Waals surface area (Å²) in [5.41, 5.74) is 2.53. The van der Waals surface area contributed by atoms with E-state index >= 15 is 4.79 Å². The van der Waals surface area contributed by atoms with Crippen molar-refractivity contribution in [2.45, 2.75) is 214 Å². The van der Waals surface area contributed by atoms with Crippen molar-refractivity contribution in [1.29, 1.82) is 0 Å². The lowest BCUT2D eigenvalue weighted by Gasteiger charge is -2.35. The minimum atomic E-state index is -1.48. The van der Waals surface area contributed by atoms with Crippen molar-refractivity contribution in [3.8, 4) is 0 Å². The predicted molar refractivity (Wildman–Crippen MR) is 299 cm³/mol. The highest BCUT2D eigenvalue weighted by molar-refractivity contribution is 5.94. The van der Waals surface area contributed by atoms with Crippen LogP contribution in [0.4, 0.5) is 0 Å². The van der Waals surface area contributed by atoms with E-state index in [4.69, 9.17) is 18.9 Å². The van der Waals surface area contributed by atoms with Gasteiger partial charge in [0.1, 0.15) is 24.2 Å². The number of nitrogens with zero attached hydrogens (tertiary/aromatic N) is 4. The summed E-state index contributed by atoms with van der Waals surface area (Å²) >= 11 is 0. The lowest BCUT2D eigenvalue weighted by Crippen LogP contribution is -2.55. The summed E-state index contributed by atoms with van der Waals surface area (Å²) in [5.74, 6) is -6.47. The van der Waals surface area contributed by atoms with Gasteiger partial charge in [-0.3, -0.25) is 19.2 Å². The first-order chi connectivity index (χ1) is 36.8. The number of hydrogen-bond donors (Lipinski definition) is 0. The van der Waals surface area contributed by atoms with Crippen LogP contribution in [0, 0.1) is 29.6 Å². The second kappa shape index (κ2) is 31.1. The van der Waals surface area contributed by atoms with Gasteiger partial charge in [0.05, 0.1) is 0 Å². The minimum absolute atomic E-state index is 0.0646. The van der Waals surface area contributed by atoms with Crippen molar-refractivity contribution < 1.29 is 57.3 Å². The Morgan fingerprint density at radius 2 is 0.667 bits per heavy atom. The summed E-state index contributed by atoms with van der Waals surface area (Å²) in [4.78, 5) is 121. The summed E-state index contributed by atoms with van der Waals surface area (Å²) in [6.45, 7) is 17.7. The van der Waals surface area contributed by atoms with Crippen LogP contribution in [0.25, 0.3) is 0 Å². The highest BCUT2D eigenvalue weighted by atomic mass is 16.6. The number of cyclic esters (lactones) is 4. The number of carbonyl (C=O) groups excluding carboxylic acids is 8. The van der Waals surface area contributed by atoms with E-state index in [1.54, 1.807) is 30.3 Å². The normalized spacial score (nSPS) is 25.4. The molecule has 0 spiro atoms. The maximum absolute atomic E-state index is 15.0. The molecule has 4 amide bonds. The molecule has 8 atom stereocenters. The molecule has 0 unspecified atom stereocenters. The van der Waals surface area contributed by atoms with Crippen molar-refractivity contribution in [1.82, 2.24) is 19.6 Å². The molecule has 434 valence electrons. The molecule has 2 fully saturated rings. The van der Waals surface area contributed by atoms with Crippen molar-refractivity contribution in [2.75, 3.05) is 28.2 Å². The third-order valence-corrected chi connectivity index (χ3v) is 15.2. The van der Waals surface area contributed by atoms with E-state index in [0.717, 1.165) is 11.3 Å². The molecular formula is C62H94N4O12. The number of likely N-dealkylation sites (N-methyl/N-ethyl adjacent to an activating group) is 4. The Kier molecular flexibility index (Phi) is 25.8. The minimum Gasteiger partial charge on any atom is -0.451 e. The largest absolute Gasteiger partial charge is 0.451 e. The van der Waals surface area contributed by atoms with Crippen molar-refractivity contribution in [2.24, 2.45) is 29.6 Å². The molecule has 2 aromatic rings. The van der Waals surface area contributed by atoms with Gasteiger partial charge in [-0.15, -0.1) is 0 Å². The third-order valence-electron chi connectivity index (χ3n) is 15.2. The molecule has 1 saturated heterocycles. The fraction of sp³-hybridized carbons (Fsp3) is 0.677.